The van der Waals surface area contributed by atoms with E-state index in [2.05, 4.69) is 9.97 Å². The first kappa shape index (κ1) is 24.1. The molecule has 1 aromatic heterocycles. The number of carbonyl (C=O) groups is 3. The van der Waals surface area contributed by atoms with Gasteiger partial charge in [-0.1, -0.05) is 48.0 Å². The average molecular weight is 466 g/mol. The van der Waals surface area contributed by atoms with Crippen LogP contribution < -0.4 is 5.73 Å². The fourth-order valence-corrected chi connectivity index (χ4v) is 3.91. The molecule has 0 aliphatic rings. The van der Waals surface area contributed by atoms with Gasteiger partial charge >= 0.3 is 5.97 Å². The lowest BCUT2D eigenvalue weighted by atomic mass is 9.98. The van der Waals surface area contributed by atoms with Crippen molar-refractivity contribution >= 4 is 29.3 Å². The molecule has 0 aliphatic heterocycles. The quantitative estimate of drug-likeness (QED) is 0.478. The van der Waals surface area contributed by atoms with Crippen molar-refractivity contribution in [3.8, 4) is 22.4 Å². The van der Waals surface area contributed by atoms with Gasteiger partial charge in [0.1, 0.15) is 11.5 Å². The van der Waals surface area contributed by atoms with Crippen LogP contribution in [0.4, 0.5) is 0 Å². The molecule has 3 aromatic rings. The van der Waals surface area contributed by atoms with Gasteiger partial charge in [-0.25, -0.2) is 4.98 Å². The van der Waals surface area contributed by atoms with E-state index in [4.69, 9.17) is 22.4 Å². The van der Waals surface area contributed by atoms with Crippen molar-refractivity contribution in [1.29, 1.82) is 0 Å². The number of hydrogen-bond acceptors (Lipinski definition) is 5. The Bertz CT molecular complexity index is 1220. The molecule has 3 N–H and O–H groups in total. The maximum Gasteiger partial charge on any atom is 0.303 e. The minimum Gasteiger partial charge on any atom is -0.481 e. The van der Waals surface area contributed by atoms with Crippen LogP contribution in [-0.4, -0.2) is 32.7 Å². The van der Waals surface area contributed by atoms with Gasteiger partial charge < -0.3 is 10.8 Å². The Morgan fingerprint density at radius 2 is 1.61 bits per heavy atom. The molecule has 2 aromatic carbocycles. The van der Waals surface area contributed by atoms with Gasteiger partial charge in [0, 0.05) is 35.4 Å². The van der Waals surface area contributed by atoms with Crippen LogP contribution in [0.15, 0.2) is 42.5 Å². The number of amides is 1. The maximum atomic E-state index is 12.1. The van der Waals surface area contributed by atoms with E-state index in [1.807, 2.05) is 43.3 Å². The highest BCUT2D eigenvalue weighted by Gasteiger charge is 2.15. The third-order valence-corrected chi connectivity index (χ3v) is 5.54. The zero-order valence-corrected chi connectivity index (χ0v) is 19.1. The first-order chi connectivity index (χ1) is 15.7. The van der Waals surface area contributed by atoms with Gasteiger partial charge in [-0.2, -0.15) is 0 Å². The minimum atomic E-state index is -0.904. The third-order valence-electron chi connectivity index (χ3n) is 5.23. The van der Waals surface area contributed by atoms with Crippen molar-refractivity contribution in [3.05, 3.63) is 70.1 Å². The number of Topliss-reactive ketones (excluding diaryl/α,β-unsaturated/α-hetero) is 1. The Labute approximate surface area is 196 Å². The second-order valence-corrected chi connectivity index (χ2v) is 8.22. The molecule has 1 heterocycles. The summed E-state index contributed by atoms with van der Waals surface area (Å²) in [6.07, 6.45) is 0.759. The molecule has 0 aliphatic carbocycles. The lowest BCUT2D eigenvalue weighted by molar-refractivity contribution is -0.137. The summed E-state index contributed by atoms with van der Waals surface area (Å²) in [6.45, 7) is 3.52. The van der Waals surface area contributed by atoms with E-state index >= 15 is 0 Å². The zero-order chi connectivity index (χ0) is 24.1. The molecular weight excluding hydrogens is 442 g/mol. The summed E-state index contributed by atoms with van der Waals surface area (Å²) in [5.74, 6) is -1.54. The first-order valence-electron chi connectivity index (χ1n) is 10.4. The van der Waals surface area contributed by atoms with Gasteiger partial charge in [0.15, 0.2) is 0 Å². The normalized spacial score (nSPS) is 10.8. The molecule has 8 heteroatoms. The second-order valence-electron chi connectivity index (χ2n) is 7.81. The van der Waals surface area contributed by atoms with Crippen LogP contribution in [0, 0.1) is 13.8 Å². The van der Waals surface area contributed by atoms with E-state index in [-0.39, 0.29) is 30.7 Å². The van der Waals surface area contributed by atoms with Crippen LogP contribution in [0.1, 0.15) is 46.7 Å². The number of hydrogen-bond donors (Lipinski definition) is 2. The fourth-order valence-electron chi connectivity index (χ4n) is 3.60. The molecule has 0 atom stereocenters. The molecule has 33 heavy (non-hydrogen) atoms. The third kappa shape index (κ3) is 6.02. The number of nitrogens with zero attached hydrogens (tertiary/aromatic N) is 2. The largest absolute Gasteiger partial charge is 0.481 e. The molecule has 0 unspecified atom stereocenters. The first-order valence-corrected chi connectivity index (χ1v) is 10.8. The Kier molecular flexibility index (Phi) is 7.55. The number of carboxylic acids is 1. The second kappa shape index (κ2) is 10.4. The van der Waals surface area contributed by atoms with Gasteiger partial charge in [0.2, 0.25) is 0 Å². The number of halogens is 1. The number of carbonyl (C=O) groups excluding carboxylic acids is 2. The Morgan fingerprint density at radius 1 is 0.939 bits per heavy atom. The zero-order valence-electron chi connectivity index (χ0n) is 18.4. The van der Waals surface area contributed by atoms with Crippen molar-refractivity contribution < 1.29 is 19.5 Å². The molecule has 0 spiro atoms. The highest BCUT2D eigenvalue weighted by Crippen LogP contribution is 2.31. The van der Waals surface area contributed by atoms with Gasteiger partial charge in [0.25, 0.3) is 5.91 Å². The van der Waals surface area contributed by atoms with Crippen LogP contribution in [0.3, 0.4) is 0 Å². The molecule has 0 saturated heterocycles. The molecule has 0 saturated carbocycles. The van der Waals surface area contributed by atoms with E-state index in [0.717, 1.165) is 22.3 Å². The van der Waals surface area contributed by atoms with Crippen LogP contribution in [0.5, 0.6) is 0 Å². The predicted octanol–water partition coefficient (Wildman–Crippen LogP) is 4.55. The van der Waals surface area contributed by atoms with Crippen molar-refractivity contribution in [2.45, 2.75) is 39.5 Å². The number of carboxylic acid groups (broad SMARTS) is 1. The van der Waals surface area contributed by atoms with E-state index < -0.39 is 11.9 Å². The van der Waals surface area contributed by atoms with E-state index in [0.29, 0.717) is 28.5 Å². The lowest BCUT2D eigenvalue weighted by Crippen LogP contribution is -2.17. The standard InChI is InChI=1S/C25H24ClN3O4/c1-14-23(29-24(25(27)33)15(2)28-14)18-9-7-17(8-10-18)20-11-6-16(13-21(20)26)12-19(30)4-3-5-22(31)32/h6-11,13H,3-5,12H2,1-2H3,(H2,27,33)(H,31,32). The number of aliphatic carboxylic acids is 1. The van der Waals surface area contributed by atoms with Gasteiger partial charge in [-0.15, -0.1) is 0 Å². The smallest absolute Gasteiger partial charge is 0.303 e. The van der Waals surface area contributed by atoms with E-state index in [1.165, 1.54) is 0 Å². The molecule has 7 nitrogen and oxygen atoms in total. The number of primary amides is 1. The van der Waals surface area contributed by atoms with Crippen LogP contribution in [0.25, 0.3) is 22.4 Å². The molecule has 0 bridgehead atoms. The van der Waals surface area contributed by atoms with Crippen molar-refractivity contribution in [2.24, 2.45) is 5.73 Å². The Balaban J connectivity index is 1.77. The summed E-state index contributed by atoms with van der Waals surface area (Å²) in [5, 5.41) is 9.19. The summed E-state index contributed by atoms with van der Waals surface area (Å²) in [7, 11) is 0. The summed E-state index contributed by atoms with van der Waals surface area (Å²) >= 11 is 6.49. The van der Waals surface area contributed by atoms with Crippen LogP contribution >= 0.6 is 11.6 Å². The van der Waals surface area contributed by atoms with Crippen LogP contribution in [0.2, 0.25) is 5.02 Å². The van der Waals surface area contributed by atoms with Crippen molar-refractivity contribution in [3.63, 3.8) is 0 Å². The van der Waals surface area contributed by atoms with Gasteiger partial charge in [-0.05, 0) is 37.5 Å². The summed E-state index contributed by atoms with van der Waals surface area (Å²) in [4.78, 5) is 43.1. The highest BCUT2D eigenvalue weighted by molar-refractivity contribution is 6.33. The number of rotatable bonds is 9. The predicted molar refractivity (Wildman–Crippen MR) is 126 cm³/mol. The summed E-state index contributed by atoms with van der Waals surface area (Å²) < 4.78 is 0. The number of aryl methyl sites for hydroxylation is 2. The summed E-state index contributed by atoms with van der Waals surface area (Å²) in [5.41, 5.74) is 10.6. The van der Waals surface area contributed by atoms with Gasteiger partial charge in [0.05, 0.1) is 17.1 Å². The number of nitrogens with two attached hydrogens (primary N) is 1. The molecule has 0 radical (unpaired) electrons. The molecule has 170 valence electrons. The van der Waals surface area contributed by atoms with E-state index in [9.17, 15) is 14.4 Å². The number of ketones is 1. The lowest BCUT2D eigenvalue weighted by Gasteiger charge is -2.11. The molecule has 3 rings (SSSR count). The van der Waals surface area contributed by atoms with E-state index in [1.54, 1.807) is 13.0 Å². The number of aromatic nitrogens is 2. The van der Waals surface area contributed by atoms with Crippen LogP contribution in [-0.2, 0) is 16.0 Å². The van der Waals surface area contributed by atoms with Gasteiger partial charge in [-0.3, -0.25) is 19.4 Å². The fraction of sp³-hybridized carbons (Fsp3) is 0.240. The molecule has 1 amide bonds. The maximum absolute atomic E-state index is 12.1. The van der Waals surface area contributed by atoms with Crippen molar-refractivity contribution in [2.75, 3.05) is 0 Å². The summed E-state index contributed by atoms with van der Waals surface area (Å²) in [6, 6.07) is 13.0. The van der Waals surface area contributed by atoms with Crippen molar-refractivity contribution in [1.82, 2.24) is 9.97 Å². The number of benzene rings is 2. The highest BCUT2D eigenvalue weighted by atomic mass is 35.5. The SMILES string of the molecule is Cc1nc(C)c(-c2ccc(-c3ccc(CC(=O)CCCC(=O)O)cc3Cl)cc2)nc1C(N)=O. The average Bonchev–Trinajstić information content (AvgIpc) is 2.74. The Morgan fingerprint density at radius 3 is 2.21 bits per heavy atom. The Hall–Kier alpha value is -3.58. The minimum absolute atomic E-state index is 0.0149. The monoisotopic (exact) mass is 465 g/mol. The molecular formula is C25H24ClN3O4. The molecule has 0 fully saturated rings. The topological polar surface area (TPSA) is 123 Å².